The molecule has 1 unspecified atom stereocenters. The van der Waals surface area contributed by atoms with E-state index in [0.717, 1.165) is 64.8 Å². The van der Waals surface area contributed by atoms with Crippen LogP contribution in [0.1, 0.15) is 84.0 Å². The first-order valence-electron chi connectivity index (χ1n) is 13.4. The summed E-state index contributed by atoms with van der Waals surface area (Å²) in [7, 11) is 0. The first kappa shape index (κ1) is 25.8. The summed E-state index contributed by atoms with van der Waals surface area (Å²) < 4.78 is 6.15. The highest BCUT2D eigenvalue weighted by Gasteiger charge is 2.33. The van der Waals surface area contributed by atoms with Crippen LogP contribution in [0.3, 0.4) is 0 Å². The quantitative estimate of drug-likeness (QED) is 0.356. The Balaban J connectivity index is 1.74. The van der Waals surface area contributed by atoms with E-state index in [-0.39, 0.29) is 6.17 Å². The molecule has 1 atom stereocenters. The predicted octanol–water partition coefficient (Wildman–Crippen LogP) is 6.21. The standard InChI is InChI=1S/C27H45N3O3/c1-2-3-4-5-14-23-33-25-16-9-8-15-24(25)30(27(31)32)26(29-20-12-7-13-21-29)17-22-28-18-10-6-11-19-28/h8-9,15-16,26H,2-7,10-14,17-23H2,1H3,(H,31,32). The highest BCUT2D eigenvalue weighted by Crippen LogP contribution is 2.33. The van der Waals surface area contributed by atoms with Gasteiger partial charge in [0.2, 0.25) is 0 Å². The molecule has 0 spiro atoms. The van der Waals surface area contributed by atoms with E-state index < -0.39 is 6.09 Å². The first-order valence-corrected chi connectivity index (χ1v) is 13.4. The molecule has 1 aromatic rings. The van der Waals surface area contributed by atoms with Crippen molar-refractivity contribution < 1.29 is 14.6 Å². The molecule has 3 rings (SSSR count). The van der Waals surface area contributed by atoms with Crippen LogP contribution in [0.25, 0.3) is 0 Å². The minimum Gasteiger partial charge on any atom is -0.491 e. The smallest absolute Gasteiger partial charge is 0.413 e. The highest BCUT2D eigenvalue weighted by atomic mass is 16.5. The molecule has 1 amide bonds. The maximum Gasteiger partial charge on any atom is 0.413 e. The van der Waals surface area contributed by atoms with Gasteiger partial charge in [0.1, 0.15) is 5.75 Å². The van der Waals surface area contributed by atoms with Crippen LogP contribution in [-0.2, 0) is 0 Å². The number of likely N-dealkylation sites (tertiary alicyclic amines) is 2. The van der Waals surface area contributed by atoms with Crippen LogP contribution in [0.5, 0.6) is 5.75 Å². The maximum atomic E-state index is 12.7. The highest BCUT2D eigenvalue weighted by molar-refractivity contribution is 5.88. The van der Waals surface area contributed by atoms with E-state index in [4.69, 9.17) is 4.74 Å². The van der Waals surface area contributed by atoms with E-state index in [1.807, 2.05) is 24.3 Å². The Morgan fingerprint density at radius 2 is 1.64 bits per heavy atom. The van der Waals surface area contributed by atoms with E-state index in [9.17, 15) is 9.90 Å². The van der Waals surface area contributed by atoms with Crippen LogP contribution < -0.4 is 9.64 Å². The molecular formula is C27H45N3O3. The summed E-state index contributed by atoms with van der Waals surface area (Å²) in [5, 5.41) is 10.4. The third-order valence-electron chi connectivity index (χ3n) is 7.10. The Kier molecular flexibility index (Phi) is 11.3. The van der Waals surface area contributed by atoms with E-state index in [1.165, 1.54) is 44.9 Å². The van der Waals surface area contributed by atoms with Crippen molar-refractivity contribution >= 4 is 11.8 Å². The number of nitrogens with zero attached hydrogens (tertiary/aromatic N) is 3. The number of rotatable bonds is 13. The molecule has 2 fully saturated rings. The summed E-state index contributed by atoms with van der Waals surface area (Å²) >= 11 is 0. The fourth-order valence-corrected chi connectivity index (χ4v) is 5.23. The first-order chi connectivity index (χ1) is 16.2. The number of benzene rings is 1. The molecule has 2 heterocycles. The molecule has 2 aliphatic rings. The van der Waals surface area contributed by atoms with Crippen LogP contribution in [0.15, 0.2) is 24.3 Å². The van der Waals surface area contributed by atoms with Crippen molar-refractivity contribution in [3.63, 3.8) is 0 Å². The van der Waals surface area contributed by atoms with Gasteiger partial charge in [-0.1, -0.05) is 57.6 Å². The predicted molar refractivity (Wildman–Crippen MR) is 135 cm³/mol. The summed E-state index contributed by atoms with van der Waals surface area (Å²) in [6, 6.07) is 7.71. The summed E-state index contributed by atoms with van der Waals surface area (Å²) in [6.07, 6.45) is 13.0. The van der Waals surface area contributed by atoms with Gasteiger partial charge in [0, 0.05) is 19.6 Å². The Morgan fingerprint density at radius 1 is 0.970 bits per heavy atom. The molecule has 6 heteroatoms. The van der Waals surface area contributed by atoms with Gasteiger partial charge in [0.25, 0.3) is 0 Å². The summed E-state index contributed by atoms with van der Waals surface area (Å²) in [6.45, 7) is 8.01. The van der Waals surface area contributed by atoms with Crippen molar-refractivity contribution in [2.24, 2.45) is 0 Å². The van der Waals surface area contributed by atoms with Gasteiger partial charge < -0.3 is 14.7 Å². The lowest BCUT2D eigenvalue weighted by Gasteiger charge is -2.41. The molecule has 0 aromatic heterocycles. The fraction of sp³-hybridized carbons (Fsp3) is 0.741. The van der Waals surface area contributed by atoms with Crippen LogP contribution in [0.2, 0.25) is 0 Å². The minimum atomic E-state index is -0.886. The number of carbonyl (C=O) groups is 1. The second-order valence-corrected chi connectivity index (χ2v) is 9.65. The molecule has 33 heavy (non-hydrogen) atoms. The number of ether oxygens (including phenoxy) is 1. The molecule has 2 aliphatic heterocycles. The molecule has 2 saturated heterocycles. The molecule has 186 valence electrons. The molecule has 0 bridgehead atoms. The molecular weight excluding hydrogens is 414 g/mol. The number of hydrogen-bond donors (Lipinski definition) is 1. The monoisotopic (exact) mass is 459 g/mol. The van der Waals surface area contributed by atoms with Gasteiger partial charge in [-0.25, -0.2) is 4.79 Å². The third kappa shape index (κ3) is 8.18. The van der Waals surface area contributed by atoms with Crippen LogP contribution >= 0.6 is 0 Å². The number of amides is 1. The largest absolute Gasteiger partial charge is 0.491 e. The Morgan fingerprint density at radius 3 is 2.33 bits per heavy atom. The number of piperidine rings is 2. The van der Waals surface area contributed by atoms with Gasteiger partial charge in [0.15, 0.2) is 0 Å². The van der Waals surface area contributed by atoms with E-state index in [0.29, 0.717) is 18.0 Å². The summed E-state index contributed by atoms with van der Waals surface area (Å²) in [5.41, 5.74) is 0.688. The molecule has 1 aromatic carbocycles. The van der Waals surface area contributed by atoms with Crippen LogP contribution in [0, 0.1) is 0 Å². The van der Waals surface area contributed by atoms with Crippen molar-refractivity contribution in [2.75, 3.05) is 44.2 Å². The number of para-hydroxylation sites is 2. The molecule has 0 aliphatic carbocycles. The van der Waals surface area contributed by atoms with Crippen molar-refractivity contribution in [1.82, 2.24) is 9.80 Å². The van der Waals surface area contributed by atoms with Gasteiger partial charge in [-0.15, -0.1) is 0 Å². The zero-order valence-electron chi connectivity index (χ0n) is 20.7. The second-order valence-electron chi connectivity index (χ2n) is 9.65. The zero-order chi connectivity index (χ0) is 23.3. The van der Waals surface area contributed by atoms with E-state index in [1.54, 1.807) is 4.90 Å². The second kappa shape index (κ2) is 14.5. The van der Waals surface area contributed by atoms with E-state index in [2.05, 4.69) is 16.7 Å². The maximum absolute atomic E-state index is 12.7. The van der Waals surface area contributed by atoms with Crippen molar-refractivity contribution in [1.29, 1.82) is 0 Å². The van der Waals surface area contributed by atoms with Gasteiger partial charge in [-0.05, 0) is 63.7 Å². The molecule has 0 radical (unpaired) electrons. The average molecular weight is 460 g/mol. The van der Waals surface area contributed by atoms with Crippen LogP contribution in [0.4, 0.5) is 10.5 Å². The van der Waals surface area contributed by atoms with Crippen molar-refractivity contribution in [3.05, 3.63) is 24.3 Å². The van der Waals surface area contributed by atoms with Crippen molar-refractivity contribution in [3.8, 4) is 5.75 Å². The van der Waals surface area contributed by atoms with Gasteiger partial charge in [-0.3, -0.25) is 9.80 Å². The Labute approximate surface area is 200 Å². The Hall–Kier alpha value is -1.79. The zero-order valence-corrected chi connectivity index (χ0v) is 20.7. The van der Waals surface area contributed by atoms with Gasteiger partial charge in [-0.2, -0.15) is 0 Å². The van der Waals surface area contributed by atoms with Gasteiger partial charge >= 0.3 is 6.09 Å². The molecule has 1 N–H and O–H groups in total. The number of hydrogen-bond acceptors (Lipinski definition) is 4. The number of carboxylic acid groups (broad SMARTS) is 1. The van der Waals surface area contributed by atoms with Crippen LogP contribution in [-0.4, -0.2) is 66.5 Å². The topological polar surface area (TPSA) is 56.2 Å². The Bertz CT molecular complexity index is 687. The van der Waals surface area contributed by atoms with E-state index >= 15 is 0 Å². The third-order valence-corrected chi connectivity index (χ3v) is 7.10. The lowest BCUT2D eigenvalue weighted by atomic mass is 10.1. The molecule has 0 saturated carbocycles. The minimum absolute atomic E-state index is 0.154. The number of anilines is 1. The van der Waals surface area contributed by atoms with Crippen molar-refractivity contribution in [2.45, 2.75) is 90.1 Å². The van der Waals surface area contributed by atoms with Gasteiger partial charge in [0.05, 0.1) is 18.5 Å². The summed E-state index contributed by atoms with van der Waals surface area (Å²) in [4.78, 5) is 19.2. The average Bonchev–Trinajstić information content (AvgIpc) is 2.85. The normalized spacial score (nSPS) is 18.7. The SMILES string of the molecule is CCCCCCCOc1ccccc1N(C(=O)O)C(CCN1CCCCC1)N1CCCCC1. The lowest BCUT2D eigenvalue weighted by Crippen LogP contribution is -2.54. The lowest BCUT2D eigenvalue weighted by molar-refractivity contribution is 0.122. The number of unbranched alkanes of at least 4 members (excludes halogenated alkanes) is 4. The fourth-order valence-electron chi connectivity index (χ4n) is 5.23. The molecule has 6 nitrogen and oxygen atoms in total. The summed E-state index contributed by atoms with van der Waals surface area (Å²) in [5.74, 6) is 0.690.